The van der Waals surface area contributed by atoms with Gasteiger partial charge in [0.25, 0.3) is 0 Å². The zero-order valence-corrected chi connectivity index (χ0v) is 17.4. The lowest BCUT2D eigenvalue weighted by Gasteiger charge is -2.35. The van der Waals surface area contributed by atoms with E-state index in [2.05, 4.69) is 34.0 Å². The molecule has 0 amide bonds. The van der Waals surface area contributed by atoms with Crippen LogP contribution < -0.4 is 5.32 Å². The van der Waals surface area contributed by atoms with Crippen LogP contribution in [0.2, 0.25) is 0 Å². The summed E-state index contributed by atoms with van der Waals surface area (Å²) < 4.78 is 5.72. The minimum absolute atomic E-state index is 0. The summed E-state index contributed by atoms with van der Waals surface area (Å²) in [4.78, 5) is 9.40. The van der Waals surface area contributed by atoms with Crippen molar-refractivity contribution in [3.05, 3.63) is 0 Å². The molecule has 23 heavy (non-hydrogen) atoms. The molecule has 6 heteroatoms. The average Bonchev–Trinajstić information content (AvgIpc) is 2.53. The van der Waals surface area contributed by atoms with E-state index in [1.54, 1.807) is 0 Å². The van der Waals surface area contributed by atoms with E-state index in [1.807, 2.05) is 7.05 Å². The SMILES string of the molecule is CCOC1CCN(C(=NC)NCCN2CCCC(C)C2)CC1.I. The van der Waals surface area contributed by atoms with Crippen molar-refractivity contribution in [2.45, 2.75) is 45.6 Å². The van der Waals surface area contributed by atoms with Crippen molar-refractivity contribution >= 4 is 29.9 Å². The lowest BCUT2D eigenvalue weighted by molar-refractivity contribution is 0.0263. The third-order valence-corrected chi connectivity index (χ3v) is 4.81. The van der Waals surface area contributed by atoms with Crippen molar-refractivity contribution in [1.29, 1.82) is 0 Å². The fourth-order valence-corrected chi connectivity index (χ4v) is 3.62. The van der Waals surface area contributed by atoms with E-state index in [9.17, 15) is 0 Å². The van der Waals surface area contributed by atoms with Crippen LogP contribution >= 0.6 is 24.0 Å². The largest absolute Gasteiger partial charge is 0.378 e. The number of hydrogen-bond donors (Lipinski definition) is 1. The Hall–Kier alpha value is -0.0800. The lowest BCUT2D eigenvalue weighted by Crippen LogP contribution is -2.49. The molecule has 0 aliphatic carbocycles. The molecule has 1 N–H and O–H groups in total. The van der Waals surface area contributed by atoms with Crippen LogP contribution in [0.4, 0.5) is 0 Å². The number of likely N-dealkylation sites (tertiary alicyclic amines) is 2. The molecule has 2 fully saturated rings. The highest BCUT2D eigenvalue weighted by Gasteiger charge is 2.21. The van der Waals surface area contributed by atoms with Gasteiger partial charge in [0.15, 0.2) is 5.96 Å². The Morgan fingerprint density at radius 3 is 2.57 bits per heavy atom. The van der Waals surface area contributed by atoms with Gasteiger partial charge >= 0.3 is 0 Å². The summed E-state index contributed by atoms with van der Waals surface area (Å²) in [6.07, 6.45) is 5.39. The standard InChI is InChI=1S/C17H34N4O.HI/c1-4-22-16-7-11-21(12-8-16)17(18-3)19-9-13-20-10-5-6-15(2)14-20;/h15-16H,4-14H2,1-3H3,(H,18,19);1H. The molecule has 0 saturated carbocycles. The number of guanidine groups is 1. The molecule has 2 aliphatic heterocycles. The third kappa shape index (κ3) is 7.13. The van der Waals surface area contributed by atoms with E-state index >= 15 is 0 Å². The molecule has 0 spiro atoms. The number of nitrogens with zero attached hydrogens (tertiary/aromatic N) is 3. The molecule has 0 aromatic rings. The number of hydrogen-bond acceptors (Lipinski definition) is 3. The number of nitrogens with one attached hydrogen (secondary N) is 1. The second-order valence-corrected chi connectivity index (χ2v) is 6.66. The second kappa shape index (κ2) is 11.5. The molecule has 1 unspecified atom stereocenters. The van der Waals surface area contributed by atoms with Crippen LogP contribution in [0.25, 0.3) is 0 Å². The fraction of sp³-hybridized carbons (Fsp3) is 0.941. The van der Waals surface area contributed by atoms with Crippen molar-refractivity contribution in [2.75, 3.05) is 52.9 Å². The van der Waals surface area contributed by atoms with E-state index < -0.39 is 0 Å². The average molecular weight is 438 g/mol. The van der Waals surface area contributed by atoms with E-state index in [0.29, 0.717) is 6.10 Å². The maximum atomic E-state index is 5.72. The molecule has 2 aliphatic rings. The van der Waals surface area contributed by atoms with Gasteiger partial charge in [0.05, 0.1) is 6.10 Å². The Bertz CT molecular complexity index is 345. The fourth-order valence-electron chi connectivity index (χ4n) is 3.62. The molecular formula is C17H35IN4O. The Balaban J connectivity index is 0.00000264. The van der Waals surface area contributed by atoms with Gasteiger partial charge in [-0.3, -0.25) is 4.99 Å². The summed E-state index contributed by atoms with van der Waals surface area (Å²) in [5.41, 5.74) is 0. The van der Waals surface area contributed by atoms with Crippen molar-refractivity contribution < 1.29 is 4.74 Å². The highest BCUT2D eigenvalue weighted by atomic mass is 127. The predicted octanol–water partition coefficient (Wildman–Crippen LogP) is 2.41. The van der Waals surface area contributed by atoms with Gasteiger partial charge in [-0.1, -0.05) is 6.92 Å². The number of piperidine rings is 2. The quantitative estimate of drug-likeness (QED) is 0.407. The van der Waals surface area contributed by atoms with Gasteiger partial charge in [-0.15, -0.1) is 24.0 Å². The monoisotopic (exact) mass is 438 g/mol. The van der Waals surface area contributed by atoms with Crippen LogP contribution in [-0.2, 0) is 4.74 Å². The van der Waals surface area contributed by atoms with Crippen LogP contribution in [0.1, 0.15) is 39.5 Å². The molecule has 2 heterocycles. The molecule has 136 valence electrons. The normalized spacial score (nSPS) is 24.4. The van der Waals surface area contributed by atoms with Crippen molar-refractivity contribution in [1.82, 2.24) is 15.1 Å². The summed E-state index contributed by atoms with van der Waals surface area (Å²) in [7, 11) is 1.89. The van der Waals surface area contributed by atoms with E-state index in [1.165, 1.54) is 25.9 Å². The Kier molecular flexibility index (Phi) is 10.5. The van der Waals surface area contributed by atoms with Gasteiger partial charge < -0.3 is 19.9 Å². The Morgan fingerprint density at radius 2 is 1.96 bits per heavy atom. The minimum Gasteiger partial charge on any atom is -0.378 e. The van der Waals surface area contributed by atoms with Crippen LogP contribution in [0.5, 0.6) is 0 Å². The predicted molar refractivity (Wildman–Crippen MR) is 108 cm³/mol. The van der Waals surface area contributed by atoms with E-state index in [0.717, 1.165) is 57.5 Å². The maximum Gasteiger partial charge on any atom is 0.193 e. The molecule has 2 saturated heterocycles. The number of halogens is 1. The zero-order chi connectivity index (χ0) is 15.8. The van der Waals surface area contributed by atoms with Crippen LogP contribution in [0.15, 0.2) is 4.99 Å². The molecule has 0 aromatic carbocycles. The maximum absolute atomic E-state index is 5.72. The third-order valence-electron chi connectivity index (χ3n) is 4.81. The smallest absolute Gasteiger partial charge is 0.193 e. The molecule has 5 nitrogen and oxygen atoms in total. The zero-order valence-electron chi connectivity index (χ0n) is 15.1. The first-order valence-corrected chi connectivity index (χ1v) is 9.02. The summed E-state index contributed by atoms with van der Waals surface area (Å²) in [5.74, 6) is 1.91. The first-order valence-electron chi connectivity index (χ1n) is 9.02. The highest BCUT2D eigenvalue weighted by Crippen LogP contribution is 2.15. The van der Waals surface area contributed by atoms with Gasteiger partial charge in [0.1, 0.15) is 0 Å². The van der Waals surface area contributed by atoms with E-state index in [4.69, 9.17) is 4.74 Å². The van der Waals surface area contributed by atoms with Gasteiger partial charge in [0, 0.05) is 46.4 Å². The molecule has 0 aromatic heterocycles. The molecule has 0 bridgehead atoms. The Morgan fingerprint density at radius 1 is 1.22 bits per heavy atom. The van der Waals surface area contributed by atoms with Gasteiger partial charge in [0.2, 0.25) is 0 Å². The number of rotatable bonds is 5. The molecule has 1 atom stereocenters. The molecule has 0 radical (unpaired) electrons. The minimum atomic E-state index is 0. The van der Waals surface area contributed by atoms with Crippen molar-refractivity contribution in [3.8, 4) is 0 Å². The van der Waals surface area contributed by atoms with Crippen molar-refractivity contribution in [2.24, 2.45) is 10.9 Å². The second-order valence-electron chi connectivity index (χ2n) is 6.66. The summed E-state index contributed by atoms with van der Waals surface area (Å²) in [5, 5.41) is 3.54. The van der Waals surface area contributed by atoms with Crippen LogP contribution in [0, 0.1) is 5.92 Å². The van der Waals surface area contributed by atoms with Crippen LogP contribution in [0.3, 0.4) is 0 Å². The van der Waals surface area contributed by atoms with Gasteiger partial charge in [-0.25, -0.2) is 0 Å². The topological polar surface area (TPSA) is 40.1 Å². The molecule has 2 rings (SSSR count). The van der Waals surface area contributed by atoms with Crippen molar-refractivity contribution in [3.63, 3.8) is 0 Å². The first kappa shape index (κ1) is 21.0. The number of aliphatic imine (C=N–C) groups is 1. The Labute approximate surface area is 159 Å². The summed E-state index contributed by atoms with van der Waals surface area (Å²) in [6, 6.07) is 0. The number of ether oxygens (including phenoxy) is 1. The first-order chi connectivity index (χ1) is 10.7. The van der Waals surface area contributed by atoms with Crippen LogP contribution in [-0.4, -0.2) is 74.8 Å². The summed E-state index contributed by atoms with van der Waals surface area (Å²) >= 11 is 0. The van der Waals surface area contributed by atoms with Gasteiger partial charge in [-0.2, -0.15) is 0 Å². The lowest BCUT2D eigenvalue weighted by atomic mass is 10.0. The molecular weight excluding hydrogens is 403 g/mol. The summed E-state index contributed by atoms with van der Waals surface area (Å²) in [6.45, 7) is 12.0. The van der Waals surface area contributed by atoms with E-state index in [-0.39, 0.29) is 24.0 Å². The highest BCUT2D eigenvalue weighted by molar-refractivity contribution is 14.0. The van der Waals surface area contributed by atoms with Gasteiger partial charge in [-0.05, 0) is 45.1 Å².